The molecule has 2 aromatic carbocycles. The predicted octanol–water partition coefficient (Wildman–Crippen LogP) is 4.22. The monoisotopic (exact) mass is 396 g/mol. The first-order valence-corrected chi connectivity index (χ1v) is 9.39. The Labute approximate surface area is 167 Å². The molecule has 0 spiro atoms. The van der Waals surface area contributed by atoms with Crippen LogP contribution in [0.2, 0.25) is 0 Å². The molecule has 0 aliphatic rings. The van der Waals surface area contributed by atoms with E-state index in [0.717, 1.165) is 28.5 Å². The minimum Gasteiger partial charge on any atom is -0.346 e. The first-order chi connectivity index (χ1) is 13.7. The van der Waals surface area contributed by atoms with Crippen molar-refractivity contribution in [3.05, 3.63) is 65.4 Å². The summed E-state index contributed by atoms with van der Waals surface area (Å²) in [5.74, 6) is -4.80. The molecule has 7 heteroatoms. The zero-order valence-electron chi connectivity index (χ0n) is 16.5. The molecular formula is C22H22F2N4O. The fraction of sp³-hybridized carbons (Fsp3) is 0.318. The van der Waals surface area contributed by atoms with Crippen LogP contribution in [0, 0.1) is 11.3 Å². The molecule has 1 aromatic heterocycles. The number of alkyl halides is 2. The maximum atomic E-state index is 13.5. The van der Waals surface area contributed by atoms with Gasteiger partial charge in [-0.05, 0) is 42.7 Å². The highest BCUT2D eigenvalue weighted by Crippen LogP contribution is 2.28. The summed E-state index contributed by atoms with van der Waals surface area (Å²) in [7, 11) is 0. The standard InChI is InChI=1S/C22H22F2N4O/c1-4-15-5-8-17(9-6-15)20(14(2)27-21(29)22(3,23)24)28-19-10-7-16(12-25)11-18(19)13-26-28/h5-11,13-14,20H,4H2,1-3H3,(H,27,29)/t14-,20+/m0/s1. The van der Waals surface area contributed by atoms with Crippen molar-refractivity contribution >= 4 is 16.8 Å². The molecule has 0 unspecified atom stereocenters. The fourth-order valence-electron chi connectivity index (χ4n) is 3.35. The molecule has 0 saturated carbocycles. The van der Waals surface area contributed by atoms with Crippen LogP contribution in [0.1, 0.15) is 43.5 Å². The van der Waals surface area contributed by atoms with Gasteiger partial charge in [-0.1, -0.05) is 31.2 Å². The van der Waals surface area contributed by atoms with Crippen LogP contribution >= 0.6 is 0 Å². The van der Waals surface area contributed by atoms with Gasteiger partial charge in [-0.15, -0.1) is 0 Å². The molecule has 2 atom stereocenters. The van der Waals surface area contributed by atoms with E-state index < -0.39 is 23.9 Å². The molecule has 150 valence electrons. The number of fused-ring (bicyclic) bond motifs is 1. The molecule has 1 heterocycles. The average Bonchev–Trinajstić information content (AvgIpc) is 3.10. The van der Waals surface area contributed by atoms with Crippen molar-refractivity contribution in [1.29, 1.82) is 5.26 Å². The average molecular weight is 396 g/mol. The van der Waals surface area contributed by atoms with Crippen LogP contribution in [0.25, 0.3) is 10.9 Å². The summed E-state index contributed by atoms with van der Waals surface area (Å²) in [6, 6.07) is 13.9. The Balaban J connectivity index is 2.07. The number of nitrogens with one attached hydrogen (secondary N) is 1. The summed E-state index contributed by atoms with van der Waals surface area (Å²) < 4.78 is 28.6. The van der Waals surface area contributed by atoms with Gasteiger partial charge in [-0.3, -0.25) is 9.48 Å². The summed E-state index contributed by atoms with van der Waals surface area (Å²) in [6.07, 6.45) is 2.51. The van der Waals surface area contributed by atoms with E-state index in [1.54, 1.807) is 36.0 Å². The van der Waals surface area contributed by atoms with E-state index in [4.69, 9.17) is 5.26 Å². The molecule has 3 rings (SSSR count). The summed E-state index contributed by atoms with van der Waals surface area (Å²) in [4.78, 5) is 11.9. The topological polar surface area (TPSA) is 70.7 Å². The number of aryl methyl sites for hydroxylation is 1. The number of nitrogens with zero attached hydrogens (tertiary/aromatic N) is 3. The molecule has 0 fully saturated rings. The number of benzene rings is 2. The Morgan fingerprint density at radius 2 is 1.97 bits per heavy atom. The maximum absolute atomic E-state index is 13.5. The van der Waals surface area contributed by atoms with Gasteiger partial charge in [0.1, 0.15) is 0 Å². The van der Waals surface area contributed by atoms with E-state index in [9.17, 15) is 13.6 Å². The largest absolute Gasteiger partial charge is 0.346 e. The molecule has 1 amide bonds. The minimum absolute atomic E-state index is 0.502. The second kappa shape index (κ2) is 8.00. The highest BCUT2D eigenvalue weighted by atomic mass is 19.3. The zero-order valence-corrected chi connectivity index (χ0v) is 16.5. The molecule has 3 aromatic rings. The van der Waals surface area contributed by atoms with Crippen molar-refractivity contribution in [2.24, 2.45) is 0 Å². The SMILES string of the molecule is CCc1ccc([C@@H]([C@H](C)NC(=O)C(C)(F)F)n2ncc3cc(C#N)ccc32)cc1. The van der Waals surface area contributed by atoms with Gasteiger partial charge in [0, 0.05) is 12.3 Å². The lowest BCUT2D eigenvalue weighted by molar-refractivity contribution is -0.143. The maximum Gasteiger partial charge on any atom is 0.321 e. The van der Waals surface area contributed by atoms with Gasteiger partial charge in [0.25, 0.3) is 5.91 Å². The number of hydrogen-bond acceptors (Lipinski definition) is 3. The van der Waals surface area contributed by atoms with Gasteiger partial charge in [-0.25, -0.2) is 0 Å². The highest BCUT2D eigenvalue weighted by molar-refractivity contribution is 5.83. The molecule has 0 aliphatic carbocycles. The Morgan fingerprint density at radius 3 is 2.55 bits per heavy atom. The van der Waals surface area contributed by atoms with Crippen molar-refractivity contribution in [2.75, 3.05) is 0 Å². The lowest BCUT2D eigenvalue weighted by Gasteiger charge is -2.27. The van der Waals surface area contributed by atoms with Gasteiger partial charge in [-0.2, -0.15) is 19.1 Å². The van der Waals surface area contributed by atoms with Crippen LogP contribution in [0.5, 0.6) is 0 Å². The molecule has 0 saturated heterocycles. The highest BCUT2D eigenvalue weighted by Gasteiger charge is 2.35. The predicted molar refractivity (Wildman–Crippen MR) is 107 cm³/mol. The second-order valence-electron chi connectivity index (χ2n) is 7.17. The van der Waals surface area contributed by atoms with Crippen LogP contribution in [-0.4, -0.2) is 27.7 Å². The number of amides is 1. The normalized spacial score (nSPS) is 13.7. The Kier molecular flexibility index (Phi) is 5.64. The first-order valence-electron chi connectivity index (χ1n) is 9.39. The zero-order chi connectivity index (χ0) is 21.2. The van der Waals surface area contributed by atoms with E-state index in [1.807, 2.05) is 31.2 Å². The number of nitriles is 1. The van der Waals surface area contributed by atoms with Crippen LogP contribution in [0.4, 0.5) is 8.78 Å². The van der Waals surface area contributed by atoms with Crippen LogP contribution in [0.15, 0.2) is 48.7 Å². The molecule has 29 heavy (non-hydrogen) atoms. The second-order valence-corrected chi connectivity index (χ2v) is 7.17. The molecule has 5 nitrogen and oxygen atoms in total. The van der Waals surface area contributed by atoms with Crippen molar-refractivity contribution < 1.29 is 13.6 Å². The Hall–Kier alpha value is -3.27. The lowest BCUT2D eigenvalue weighted by Crippen LogP contribution is -2.46. The van der Waals surface area contributed by atoms with Gasteiger partial charge >= 0.3 is 5.92 Å². The number of halogens is 2. The lowest BCUT2D eigenvalue weighted by atomic mass is 9.98. The van der Waals surface area contributed by atoms with Crippen molar-refractivity contribution in [2.45, 2.75) is 45.2 Å². The number of carbonyl (C=O) groups excluding carboxylic acids is 1. The van der Waals surface area contributed by atoms with Gasteiger partial charge in [0.15, 0.2) is 0 Å². The van der Waals surface area contributed by atoms with E-state index in [1.165, 1.54) is 0 Å². The summed E-state index contributed by atoms with van der Waals surface area (Å²) in [5.41, 5.74) is 3.24. The molecule has 0 bridgehead atoms. The third kappa shape index (κ3) is 4.27. The third-order valence-corrected chi connectivity index (χ3v) is 4.95. The van der Waals surface area contributed by atoms with Gasteiger partial charge in [0.05, 0.1) is 35.4 Å². The number of hydrogen-bond donors (Lipinski definition) is 1. The third-order valence-electron chi connectivity index (χ3n) is 4.95. The van der Waals surface area contributed by atoms with Crippen LogP contribution < -0.4 is 5.32 Å². The summed E-state index contributed by atoms with van der Waals surface area (Å²) in [6.45, 7) is 4.30. The molecular weight excluding hydrogens is 374 g/mol. The van der Waals surface area contributed by atoms with Gasteiger partial charge in [0.2, 0.25) is 0 Å². The quantitative estimate of drug-likeness (QED) is 0.678. The van der Waals surface area contributed by atoms with Crippen molar-refractivity contribution in [3.63, 3.8) is 0 Å². The molecule has 0 radical (unpaired) electrons. The van der Waals surface area contributed by atoms with E-state index in [0.29, 0.717) is 12.5 Å². The van der Waals surface area contributed by atoms with E-state index in [2.05, 4.69) is 16.5 Å². The first kappa shape index (κ1) is 20.5. The fourth-order valence-corrected chi connectivity index (χ4v) is 3.35. The van der Waals surface area contributed by atoms with E-state index in [-0.39, 0.29) is 0 Å². The molecule has 0 aliphatic heterocycles. The van der Waals surface area contributed by atoms with Gasteiger partial charge < -0.3 is 5.32 Å². The van der Waals surface area contributed by atoms with Crippen molar-refractivity contribution in [3.8, 4) is 6.07 Å². The molecule has 1 N–H and O–H groups in total. The Bertz CT molecular complexity index is 1060. The smallest absolute Gasteiger partial charge is 0.321 e. The summed E-state index contributed by atoms with van der Waals surface area (Å²) >= 11 is 0. The summed E-state index contributed by atoms with van der Waals surface area (Å²) in [5, 5.41) is 16.7. The Morgan fingerprint density at radius 1 is 1.28 bits per heavy atom. The van der Waals surface area contributed by atoms with Crippen LogP contribution in [0.3, 0.4) is 0 Å². The number of aromatic nitrogens is 2. The van der Waals surface area contributed by atoms with Crippen LogP contribution in [-0.2, 0) is 11.2 Å². The minimum atomic E-state index is -3.47. The number of rotatable bonds is 6. The van der Waals surface area contributed by atoms with E-state index >= 15 is 0 Å². The van der Waals surface area contributed by atoms with Crippen molar-refractivity contribution in [1.82, 2.24) is 15.1 Å². The number of carbonyl (C=O) groups is 1.